The van der Waals surface area contributed by atoms with Crippen LogP contribution in [-0.2, 0) is 28.8 Å². The third kappa shape index (κ3) is 12.7. The Morgan fingerprint density at radius 2 is 1.37 bits per heavy atom. The van der Waals surface area contributed by atoms with Gasteiger partial charge >= 0.3 is 11.9 Å². The monoisotopic (exact) mass is 501 g/mol. The lowest BCUT2D eigenvalue weighted by molar-refractivity contribution is -0.143. The highest BCUT2D eigenvalue weighted by Gasteiger charge is 2.33. The number of rotatable bonds is 17. The Morgan fingerprint density at radius 3 is 1.83 bits per heavy atom. The van der Waals surface area contributed by atoms with Crippen molar-refractivity contribution in [3.05, 3.63) is 0 Å². The maximum Gasteiger partial charge on any atom is 0.326 e. The molecule has 4 amide bonds. The zero-order valence-electron chi connectivity index (χ0n) is 20.7. The van der Waals surface area contributed by atoms with E-state index in [0.717, 1.165) is 0 Å². The maximum absolute atomic E-state index is 13.1. The standard InChI is InChI=1S/C22H39N5O8/c1-5-12(4)18(21(33)25-14(22(34)35)7-9-17(29)30)27-20(32)15(10-11(2)3)26-19(31)13(23)6-8-16(24)28/h11-15,18H,5-10,23H2,1-4H3,(H2,24,28)(H,25,33)(H,26,31)(H,27,32)(H,29,30)(H,34,35). The summed E-state index contributed by atoms with van der Waals surface area (Å²) in [6.45, 7) is 7.13. The van der Waals surface area contributed by atoms with Crippen molar-refractivity contribution in [3.8, 4) is 0 Å². The van der Waals surface area contributed by atoms with E-state index >= 15 is 0 Å². The molecule has 0 aromatic carbocycles. The van der Waals surface area contributed by atoms with Crippen LogP contribution in [0.3, 0.4) is 0 Å². The summed E-state index contributed by atoms with van der Waals surface area (Å²) in [6, 6.07) is -4.68. The number of nitrogens with two attached hydrogens (primary N) is 2. The van der Waals surface area contributed by atoms with E-state index in [1.165, 1.54) is 0 Å². The van der Waals surface area contributed by atoms with E-state index in [1.54, 1.807) is 13.8 Å². The molecule has 0 aliphatic heterocycles. The van der Waals surface area contributed by atoms with Gasteiger partial charge in [-0.1, -0.05) is 34.1 Å². The molecule has 13 heteroatoms. The van der Waals surface area contributed by atoms with Crippen LogP contribution in [0, 0.1) is 11.8 Å². The van der Waals surface area contributed by atoms with E-state index in [2.05, 4.69) is 16.0 Å². The minimum Gasteiger partial charge on any atom is -0.481 e. The molecule has 0 bridgehead atoms. The number of carboxylic acids is 2. The van der Waals surface area contributed by atoms with Gasteiger partial charge in [0.15, 0.2) is 0 Å². The Balaban J connectivity index is 5.54. The van der Waals surface area contributed by atoms with Crippen LogP contribution in [0.25, 0.3) is 0 Å². The van der Waals surface area contributed by atoms with Crippen molar-refractivity contribution in [2.24, 2.45) is 23.3 Å². The molecule has 200 valence electrons. The van der Waals surface area contributed by atoms with Crippen molar-refractivity contribution in [1.29, 1.82) is 0 Å². The molecule has 0 spiro atoms. The first-order chi connectivity index (χ1) is 16.2. The molecule has 5 atom stereocenters. The van der Waals surface area contributed by atoms with Gasteiger partial charge in [-0.25, -0.2) is 4.79 Å². The summed E-state index contributed by atoms with van der Waals surface area (Å²) < 4.78 is 0. The van der Waals surface area contributed by atoms with E-state index in [1.807, 2.05) is 13.8 Å². The Morgan fingerprint density at radius 1 is 0.800 bits per heavy atom. The van der Waals surface area contributed by atoms with Gasteiger partial charge in [0.25, 0.3) is 0 Å². The summed E-state index contributed by atoms with van der Waals surface area (Å²) >= 11 is 0. The van der Waals surface area contributed by atoms with Crippen LogP contribution in [0.1, 0.15) is 66.2 Å². The molecule has 5 unspecified atom stereocenters. The van der Waals surface area contributed by atoms with Crippen molar-refractivity contribution >= 4 is 35.6 Å². The lowest BCUT2D eigenvalue weighted by atomic mass is 9.96. The third-order valence-electron chi connectivity index (χ3n) is 5.43. The zero-order valence-corrected chi connectivity index (χ0v) is 20.7. The first-order valence-electron chi connectivity index (χ1n) is 11.6. The van der Waals surface area contributed by atoms with Crippen LogP contribution in [0.4, 0.5) is 0 Å². The summed E-state index contributed by atoms with van der Waals surface area (Å²) in [5, 5.41) is 25.6. The number of carbonyl (C=O) groups is 6. The largest absolute Gasteiger partial charge is 0.481 e. The van der Waals surface area contributed by atoms with Gasteiger partial charge in [-0.3, -0.25) is 24.0 Å². The first kappa shape index (κ1) is 31.8. The second-order valence-electron chi connectivity index (χ2n) is 9.01. The molecule has 35 heavy (non-hydrogen) atoms. The van der Waals surface area contributed by atoms with Gasteiger partial charge in [0.2, 0.25) is 23.6 Å². The molecule has 0 saturated heterocycles. The minimum absolute atomic E-state index is 0.00199. The number of carbonyl (C=O) groups excluding carboxylic acids is 4. The van der Waals surface area contributed by atoms with E-state index in [-0.39, 0.29) is 31.6 Å². The van der Waals surface area contributed by atoms with Crippen molar-refractivity contribution in [2.45, 2.75) is 90.4 Å². The fourth-order valence-corrected chi connectivity index (χ4v) is 3.15. The van der Waals surface area contributed by atoms with E-state index in [4.69, 9.17) is 16.6 Å². The van der Waals surface area contributed by atoms with Crippen molar-refractivity contribution in [1.82, 2.24) is 16.0 Å². The zero-order chi connectivity index (χ0) is 27.3. The van der Waals surface area contributed by atoms with Gasteiger partial charge in [-0.2, -0.15) is 0 Å². The molecule has 0 aromatic rings. The summed E-state index contributed by atoms with van der Waals surface area (Å²) in [5.41, 5.74) is 10.9. The smallest absolute Gasteiger partial charge is 0.326 e. The third-order valence-corrected chi connectivity index (χ3v) is 5.43. The normalized spacial score (nSPS) is 15.3. The first-order valence-corrected chi connectivity index (χ1v) is 11.6. The number of hydrogen-bond acceptors (Lipinski definition) is 7. The molecule has 0 fully saturated rings. The minimum atomic E-state index is -1.45. The Labute approximate surface area is 204 Å². The molecular weight excluding hydrogens is 462 g/mol. The van der Waals surface area contributed by atoms with Gasteiger partial charge in [-0.05, 0) is 31.1 Å². The second kappa shape index (κ2) is 15.6. The number of carboxylic acid groups (broad SMARTS) is 2. The van der Waals surface area contributed by atoms with Crippen molar-refractivity contribution < 1.29 is 39.0 Å². The quantitative estimate of drug-likeness (QED) is 0.130. The Hall–Kier alpha value is -3.22. The van der Waals surface area contributed by atoms with Crippen LogP contribution in [0.2, 0.25) is 0 Å². The lowest BCUT2D eigenvalue weighted by Crippen LogP contribution is -2.58. The average molecular weight is 502 g/mol. The molecule has 0 aliphatic carbocycles. The topological polar surface area (TPSA) is 231 Å². The van der Waals surface area contributed by atoms with Gasteiger partial charge in [0, 0.05) is 12.8 Å². The van der Waals surface area contributed by atoms with Crippen LogP contribution in [0.15, 0.2) is 0 Å². The summed E-state index contributed by atoms with van der Waals surface area (Å²) in [4.78, 5) is 71.6. The molecule has 0 rings (SSSR count). The molecule has 0 radical (unpaired) electrons. The fourth-order valence-electron chi connectivity index (χ4n) is 3.15. The summed E-state index contributed by atoms with van der Waals surface area (Å²) in [6.07, 6.45) is -0.195. The highest BCUT2D eigenvalue weighted by molar-refractivity contribution is 5.94. The number of aliphatic carboxylic acids is 2. The fraction of sp³-hybridized carbons (Fsp3) is 0.727. The molecule has 9 N–H and O–H groups in total. The highest BCUT2D eigenvalue weighted by Crippen LogP contribution is 2.12. The van der Waals surface area contributed by atoms with Crippen LogP contribution < -0.4 is 27.4 Å². The number of nitrogens with one attached hydrogen (secondary N) is 3. The Bertz CT molecular complexity index is 773. The van der Waals surface area contributed by atoms with E-state index < -0.39 is 72.1 Å². The van der Waals surface area contributed by atoms with Gasteiger partial charge in [-0.15, -0.1) is 0 Å². The van der Waals surface area contributed by atoms with Crippen LogP contribution in [0.5, 0.6) is 0 Å². The average Bonchev–Trinajstić information content (AvgIpc) is 2.76. The lowest BCUT2D eigenvalue weighted by Gasteiger charge is -2.28. The molecule has 0 aromatic heterocycles. The SMILES string of the molecule is CCC(C)C(NC(=O)C(CC(C)C)NC(=O)C(N)CCC(N)=O)C(=O)NC(CCC(=O)O)C(=O)O. The van der Waals surface area contributed by atoms with Crippen LogP contribution in [-0.4, -0.2) is 69.9 Å². The summed E-state index contributed by atoms with van der Waals surface area (Å²) in [5.74, 6) is -5.74. The molecule has 0 heterocycles. The highest BCUT2D eigenvalue weighted by atomic mass is 16.4. The number of primary amides is 1. The predicted octanol–water partition coefficient (Wildman–Crippen LogP) is -0.925. The summed E-state index contributed by atoms with van der Waals surface area (Å²) in [7, 11) is 0. The number of amides is 4. The Kier molecular flexibility index (Phi) is 14.2. The maximum atomic E-state index is 13.1. The molecule has 0 saturated carbocycles. The molecule has 0 aliphatic rings. The van der Waals surface area contributed by atoms with E-state index in [0.29, 0.717) is 6.42 Å². The molecular formula is C22H39N5O8. The van der Waals surface area contributed by atoms with Crippen LogP contribution >= 0.6 is 0 Å². The van der Waals surface area contributed by atoms with Gasteiger partial charge in [0.1, 0.15) is 18.1 Å². The van der Waals surface area contributed by atoms with Crippen molar-refractivity contribution in [2.75, 3.05) is 0 Å². The second-order valence-corrected chi connectivity index (χ2v) is 9.01. The molecule has 13 nitrogen and oxygen atoms in total. The van der Waals surface area contributed by atoms with Crippen molar-refractivity contribution in [3.63, 3.8) is 0 Å². The van der Waals surface area contributed by atoms with Gasteiger partial charge in [0.05, 0.1) is 6.04 Å². The number of hydrogen-bond donors (Lipinski definition) is 7. The van der Waals surface area contributed by atoms with E-state index in [9.17, 15) is 33.9 Å². The predicted molar refractivity (Wildman–Crippen MR) is 126 cm³/mol. The van der Waals surface area contributed by atoms with Gasteiger partial charge < -0.3 is 37.6 Å².